The molecule has 0 amide bonds. The van der Waals surface area contributed by atoms with E-state index in [4.69, 9.17) is 11.6 Å². The highest BCUT2D eigenvalue weighted by Crippen LogP contribution is 2.41. The molecule has 0 atom stereocenters. The van der Waals surface area contributed by atoms with Gasteiger partial charge >= 0.3 is 0 Å². The van der Waals surface area contributed by atoms with Crippen molar-refractivity contribution < 1.29 is 5.11 Å². The summed E-state index contributed by atoms with van der Waals surface area (Å²) in [4.78, 5) is 15.6. The predicted octanol–water partition coefficient (Wildman–Crippen LogP) is 4.18. The van der Waals surface area contributed by atoms with Crippen LogP contribution in [-0.2, 0) is 6.42 Å². The molecule has 0 saturated heterocycles. The van der Waals surface area contributed by atoms with Crippen LogP contribution in [0.1, 0.15) is 12.5 Å². The van der Waals surface area contributed by atoms with E-state index >= 15 is 0 Å². The fourth-order valence-corrected chi connectivity index (χ4v) is 3.84. The first-order valence-electron chi connectivity index (χ1n) is 6.25. The molecule has 3 nitrogen and oxygen atoms in total. The van der Waals surface area contributed by atoms with Crippen molar-refractivity contribution in [2.45, 2.75) is 13.3 Å². The second-order valence-electron chi connectivity index (χ2n) is 4.46. The molecule has 5 heteroatoms. The summed E-state index contributed by atoms with van der Waals surface area (Å²) in [5, 5.41) is 11.2. The Bertz CT molecular complexity index is 836. The van der Waals surface area contributed by atoms with E-state index in [0.717, 1.165) is 5.56 Å². The maximum absolute atomic E-state index is 12.2. The molecule has 102 valence electrons. The number of halogens is 1. The number of pyridine rings is 1. The molecular weight excluding hydrogens is 294 g/mol. The van der Waals surface area contributed by atoms with Gasteiger partial charge in [0.2, 0.25) is 0 Å². The number of hydrogen-bond acceptors (Lipinski definition) is 3. The van der Waals surface area contributed by atoms with Crippen molar-refractivity contribution in [3.05, 3.63) is 50.6 Å². The summed E-state index contributed by atoms with van der Waals surface area (Å²) >= 11 is 7.46. The van der Waals surface area contributed by atoms with E-state index < -0.39 is 0 Å². The minimum atomic E-state index is -0.304. The van der Waals surface area contributed by atoms with Gasteiger partial charge in [-0.15, -0.1) is 11.3 Å². The zero-order chi connectivity index (χ0) is 14.3. The Morgan fingerprint density at radius 1 is 1.30 bits per heavy atom. The van der Waals surface area contributed by atoms with Gasteiger partial charge in [0.15, 0.2) is 0 Å². The summed E-state index contributed by atoms with van der Waals surface area (Å²) in [5.74, 6) is 0.00921. The minimum absolute atomic E-state index is 0.00921. The largest absolute Gasteiger partial charge is 0.506 e. The van der Waals surface area contributed by atoms with Crippen LogP contribution in [0.15, 0.2) is 35.1 Å². The first-order chi connectivity index (χ1) is 9.63. The third kappa shape index (κ3) is 1.92. The van der Waals surface area contributed by atoms with Crippen molar-refractivity contribution in [2.75, 3.05) is 0 Å². The quantitative estimate of drug-likeness (QED) is 0.746. The van der Waals surface area contributed by atoms with Crippen LogP contribution in [0.5, 0.6) is 5.75 Å². The number of aryl methyl sites for hydroxylation is 1. The first kappa shape index (κ1) is 13.2. The molecule has 20 heavy (non-hydrogen) atoms. The maximum atomic E-state index is 12.2. The highest BCUT2D eigenvalue weighted by molar-refractivity contribution is 7.22. The summed E-state index contributed by atoms with van der Waals surface area (Å²) in [7, 11) is 0. The van der Waals surface area contributed by atoms with Gasteiger partial charge in [-0.1, -0.05) is 48.9 Å². The molecule has 0 aliphatic rings. The number of thiophene rings is 1. The first-order valence-corrected chi connectivity index (χ1v) is 7.44. The number of benzene rings is 1. The average Bonchev–Trinajstić information content (AvgIpc) is 2.75. The number of hydrogen-bond donors (Lipinski definition) is 2. The molecule has 0 radical (unpaired) electrons. The molecule has 0 aliphatic heterocycles. The Hall–Kier alpha value is -1.78. The fraction of sp³-hybridized carbons (Fsp3) is 0.133. The lowest BCUT2D eigenvalue weighted by molar-refractivity contribution is 0.482. The van der Waals surface area contributed by atoms with Crippen LogP contribution in [0.25, 0.3) is 21.3 Å². The molecule has 0 saturated carbocycles. The van der Waals surface area contributed by atoms with Crippen molar-refractivity contribution in [1.82, 2.24) is 4.98 Å². The molecule has 0 fully saturated rings. The van der Waals surface area contributed by atoms with Crippen LogP contribution in [0.2, 0.25) is 4.34 Å². The van der Waals surface area contributed by atoms with Gasteiger partial charge in [0.1, 0.15) is 10.6 Å². The van der Waals surface area contributed by atoms with Crippen LogP contribution < -0.4 is 5.56 Å². The molecule has 0 unspecified atom stereocenters. The lowest BCUT2D eigenvalue weighted by Gasteiger charge is -2.06. The third-order valence-corrected chi connectivity index (χ3v) is 4.70. The van der Waals surface area contributed by atoms with E-state index in [1.54, 1.807) is 12.1 Å². The van der Waals surface area contributed by atoms with E-state index in [2.05, 4.69) is 4.98 Å². The fourth-order valence-electron chi connectivity index (χ4n) is 2.36. The number of aromatic amines is 1. The third-order valence-electron chi connectivity index (χ3n) is 3.30. The molecule has 1 aromatic carbocycles. The zero-order valence-corrected chi connectivity index (χ0v) is 12.3. The van der Waals surface area contributed by atoms with Gasteiger partial charge in [0, 0.05) is 0 Å². The predicted molar refractivity (Wildman–Crippen MR) is 83.9 cm³/mol. The smallest absolute Gasteiger partial charge is 0.260 e. The number of fused-ring (bicyclic) bond motifs is 1. The number of H-pyrrole nitrogens is 1. The van der Waals surface area contributed by atoms with Crippen molar-refractivity contribution in [1.29, 1.82) is 0 Å². The molecule has 0 aliphatic carbocycles. The van der Waals surface area contributed by atoms with Crippen molar-refractivity contribution in [3.63, 3.8) is 0 Å². The van der Waals surface area contributed by atoms with Gasteiger partial charge in [-0.05, 0) is 17.5 Å². The van der Waals surface area contributed by atoms with Gasteiger partial charge in [0.05, 0.1) is 15.3 Å². The van der Waals surface area contributed by atoms with E-state index in [0.29, 0.717) is 32.1 Å². The number of aromatic nitrogens is 1. The lowest BCUT2D eigenvalue weighted by atomic mass is 10.0. The van der Waals surface area contributed by atoms with Crippen molar-refractivity contribution in [2.24, 2.45) is 0 Å². The van der Waals surface area contributed by atoms with Gasteiger partial charge in [-0.25, -0.2) is 0 Å². The van der Waals surface area contributed by atoms with Gasteiger partial charge in [-0.3, -0.25) is 4.79 Å². The van der Waals surface area contributed by atoms with Crippen LogP contribution in [0, 0.1) is 0 Å². The van der Waals surface area contributed by atoms with Crippen LogP contribution in [0.4, 0.5) is 0 Å². The maximum Gasteiger partial charge on any atom is 0.260 e. The van der Waals surface area contributed by atoms with Crippen LogP contribution >= 0.6 is 22.9 Å². The monoisotopic (exact) mass is 305 g/mol. The Morgan fingerprint density at radius 3 is 2.65 bits per heavy atom. The summed E-state index contributed by atoms with van der Waals surface area (Å²) in [6.07, 6.45) is 0.701. The number of nitrogens with one attached hydrogen (secondary N) is 1. The summed E-state index contributed by atoms with van der Waals surface area (Å²) in [5.41, 5.74) is 1.55. The topological polar surface area (TPSA) is 53.1 Å². The van der Waals surface area contributed by atoms with Gasteiger partial charge in [-0.2, -0.15) is 0 Å². The second kappa shape index (κ2) is 4.96. The molecule has 2 N–H and O–H groups in total. The zero-order valence-electron chi connectivity index (χ0n) is 10.7. The molecule has 2 aromatic heterocycles. The Kier molecular flexibility index (Phi) is 3.28. The molecule has 2 heterocycles. The van der Waals surface area contributed by atoms with Gasteiger partial charge < -0.3 is 10.1 Å². The summed E-state index contributed by atoms with van der Waals surface area (Å²) in [6.45, 7) is 1.97. The van der Waals surface area contributed by atoms with Gasteiger partial charge in [0.25, 0.3) is 5.56 Å². The van der Waals surface area contributed by atoms with E-state index in [-0.39, 0.29) is 11.3 Å². The minimum Gasteiger partial charge on any atom is -0.506 e. The van der Waals surface area contributed by atoms with Crippen molar-refractivity contribution in [3.8, 4) is 16.9 Å². The van der Waals surface area contributed by atoms with Crippen LogP contribution in [-0.4, -0.2) is 10.1 Å². The summed E-state index contributed by atoms with van der Waals surface area (Å²) < 4.78 is 0.610. The molecule has 3 rings (SSSR count). The van der Waals surface area contributed by atoms with Crippen molar-refractivity contribution >= 4 is 33.2 Å². The van der Waals surface area contributed by atoms with E-state index in [1.165, 1.54) is 11.3 Å². The highest BCUT2D eigenvalue weighted by atomic mass is 35.5. The van der Waals surface area contributed by atoms with E-state index in [9.17, 15) is 9.90 Å². The second-order valence-corrected chi connectivity index (χ2v) is 6.08. The number of rotatable bonds is 2. The molecule has 0 spiro atoms. The standard InChI is InChI=1S/C15H12ClNO2S/c1-2-9-11-12(18)10(8-6-4-3-5-7-8)14(19)17-15(11)20-13(9)16/h3-7H,2H2,1H3,(H2,17,18,19). The molecule has 0 bridgehead atoms. The Labute approximate surface area is 124 Å². The average molecular weight is 306 g/mol. The van der Waals surface area contributed by atoms with Crippen LogP contribution in [0.3, 0.4) is 0 Å². The number of aromatic hydroxyl groups is 1. The Morgan fingerprint density at radius 2 is 2.00 bits per heavy atom. The normalized spacial score (nSPS) is 11.1. The molecule has 3 aromatic rings. The highest BCUT2D eigenvalue weighted by Gasteiger charge is 2.19. The lowest BCUT2D eigenvalue weighted by Crippen LogP contribution is -2.08. The van der Waals surface area contributed by atoms with E-state index in [1.807, 2.05) is 25.1 Å². The molecular formula is C15H12ClNO2S. The summed E-state index contributed by atoms with van der Waals surface area (Å²) in [6, 6.07) is 9.14. The Balaban J connectivity index is 2.42. The SMILES string of the molecule is CCc1c(Cl)sc2[nH]c(=O)c(-c3ccccc3)c(O)c12.